The van der Waals surface area contributed by atoms with Crippen LogP contribution in [0.1, 0.15) is 55.4 Å². The Morgan fingerprint density at radius 2 is 0.462 bits per heavy atom. The minimum atomic E-state index is -1.20. The van der Waals surface area contributed by atoms with E-state index in [1.165, 1.54) is 0 Å². The predicted octanol–water partition coefficient (Wildman–Crippen LogP) is 7.84. The lowest BCUT2D eigenvalue weighted by atomic mass is 10.6. The van der Waals surface area contributed by atoms with E-state index >= 15 is 0 Å². The highest BCUT2D eigenvalue weighted by Gasteiger charge is 2.51. The zero-order valence-electron chi connectivity index (χ0n) is 21.3. The molecule has 156 valence electrons. The van der Waals surface area contributed by atoms with Crippen LogP contribution in [0.2, 0.25) is 74.5 Å². The minimum absolute atomic E-state index is 0.235. The molecule has 0 aliphatic heterocycles. The molecular weight excluding hydrogens is 409 g/mol. The Balaban J connectivity index is 7.50. The fourth-order valence-corrected chi connectivity index (χ4v) is 180. The third-order valence-electron chi connectivity index (χ3n) is 8.60. The van der Waals surface area contributed by atoms with Gasteiger partial charge in [-0.05, 0) is 13.9 Å². The van der Waals surface area contributed by atoms with Crippen LogP contribution in [0, 0.1) is 0 Å². The lowest BCUT2D eigenvalue weighted by molar-refractivity contribution is 1.02. The van der Waals surface area contributed by atoms with Crippen LogP contribution in [0.15, 0.2) is 0 Å². The maximum atomic E-state index is 2.84. The summed E-state index contributed by atoms with van der Waals surface area (Å²) in [5.74, 6) is 0. The molecule has 0 fully saturated rings. The summed E-state index contributed by atoms with van der Waals surface area (Å²) in [5, 5.41) is 0. The Morgan fingerprint density at radius 3 is 0.538 bits per heavy atom. The molecule has 0 saturated carbocycles. The molecule has 0 aliphatic rings. The quantitative estimate of drug-likeness (QED) is 0.323. The molecule has 0 atom stereocenters. The zero-order chi connectivity index (χ0) is 21.5. The second-order valence-electron chi connectivity index (χ2n) is 12.3. The molecule has 0 amide bonds. The summed E-state index contributed by atoms with van der Waals surface area (Å²) in [6.45, 7) is 43.0. The number of rotatable bonds is 8. The van der Waals surface area contributed by atoms with Gasteiger partial charge in [0.15, 0.2) is 0 Å². The van der Waals surface area contributed by atoms with Crippen molar-refractivity contribution in [2.75, 3.05) is 0 Å². The first kappa shape index (κ1) is 27.3. The van der Waals surface area contributed by atoms with Crippen molar-refractivity contribution in [3.05, 3.63) is 0 Å². The van der Waals surface area contributed by atoms with Gasteiger partial charge in [-0.15, -0.1) is 0 Å². The highest BCUT2D eigenvalue weighted by atomic mass is 30.0. The van der Waals surface area contributed by atoms with Crippen LogP contribution in [0.5, 0.6) is 0 Å². The summed E-state index contributed by atoms with van der Waals surface area (Å²) >= 11 is 0. The SMILES string of the molecule is CC(C)[Si](C)(C)[Si](=[Si]([Si](C)(C)C(C)C)[Si](C)(C)C(C)C)[Si](C)(C)C(C)C. The molecule has 0 N–H and O–H groups in total. The van der Waals surface area contributed by atoms with Crippen LogP contribution >= 0.6 is 0 Å². The first-order chi connectivity index (χ1) is 11.3. The Hall–Kier alpha value is 1.30. The minimum Gasteiger partial charge on any atom is -0.0692 e. The third-order valence-corrected chi connectivity index (χ3v) is 114. The molecule has 6 heteroatoms. The van der Waals surface area contributed by atoms with Gasteiger partial charge < -0.3 is 0 Å². The van der Waals surface area contributed by atoms with E-state index in [1.807, 2.05) is 0 Å². The Morgan fingerprint density at radius 1 is 0.346 bits per heavy atom. The van der Waals surface area contributed by atoms with Crippen molar-refractivity contribution in [3.8, 4) is 0 Å². The molecule has 0 nitrogen and oxygen atoms in total. The molecule has 0 aromatic rings. The molecule has 0 unspecified atom stereocenters. The average molecular weight is 461 g/mol. The monoisotopic (exact) mass is 460 g/mol. The van der Waals surface area contributed by atoms with Gasteiger partial charge in [-0.1, -0.05) is 130 Å². The van der Waals surface area contributed by atoms with Crippen LogP contribution in [-0.4, -0.2) is 44.2 Å². The lowest BCUT2D eigenvalue weighted by Crippen LogP contribution is -2.73. The molecule has 0 aliphatic carbocycles. The summed E-state index contributed by atoms with van der Waals surface area (Å²) in [7, 11) is -4.82. The van der Waals surface area contributed by atoms with Crippen molar-refractivity contribution in [2.24, 2.45) is 0 Å². The highest BCUT2D eigenvalue weighted by Crippen LogP contribution is 2.37. The summed E-state index contributed by atoms with van der Waals surface area (Å²) in [5.41, 5.74) is 3.82. The molecule has 0 saturated heterocycles. The number of hydrogen-bond acceptors (Lipinski definition) is 0. The molecular formula is C20H52Si6. The van der Waals surface area contributed by atoms with Gasteiger partial charge in [0.25, 0.3) is 0 Å². The summed E-state index contributed by atoms with van der Waals surface area (Å²) in [6.07, 6.45) is 0. The van der Waals surface area contributed by atoms with Crippen LogP contribution in [-0.2, 0) is 0 Å². The van der Waals surface area contributed by atoms with Gasteiger partial charge in [0.05, 0.1) is 30.4 Å². The van der Waals surface area contributed by atoms with Crippen LogP contribution in [0.3, 0.4) is 0 Å². The average Bonchev–Trinajstić information content (AvgIpc) is 2.42. The Kier molecular flexibility index (Phi) is 9.43. The van der Waals surface area contributed by atoms with Crippen LogP contribution < -0.4 is 0 Å². The smallest absolute Gasteiger partial charge is 0.0527 e. The van der Waals surface area contributed by atoms with Gasteiger partial charge in [0, 0.05) is 0 Å². The maximum absolute atomic E-state index is 2.84. The Bertz CT molecular complexity index is 420. The fourth-order valence-electron chi connectivity index (χ4n) is 4.10. The maximum Gasteiger partial charge on any atom is 0.0527 e. The van der Waals surface area contributed by atoms with Crippen molar-refractivity contribution in [2.45, 2.75) is 130 Å². The third kappa shape index (κ3) is 5.26. The molecule has 0 heterocycles. The van der Waals surface area contributed by atoms with Crippen molar-refractivity contribution < 1.29 is 0 Å². The predicted molar refractivity (Wildman–Crippen MR) is 142 cm³/mol. The summed E-state index contributed by atoms with van der Waals surface area (Å²) < 4.78 is 0. The van der Waals surface area contributed by atoms with Gasteiger partial charge in [-0.2, -0.15) is 0 Å². The molecule has 0 aromatic carbocycles. The first-order valence-electron chi connectivity index (χ1n) is 11.0. The van der Waals surface area contributed by atoms with Gasteiger partial charge in [0.1, 0.15) is 0 Å². The van der Waals surface area contributed by atoms with E-state index in [0.717, 1.165) is 22.2 Å². The Labute approximate surface area is 173 Å². The summed E-state index contributed by atoms with van der Waals surface area (Å²) in [6, 6.07) is 0. The van der Waals surface area contributed by atoms with Crippen molar-refractivity contribution in [1.29, 1.82) is 0 Å². The van der Waals surface area contributed by atoms with Crippen LogP contribution in [0.4, 0.5) is 0 Å². The second kappa shape index (κ2) is 8.98. The molecule has 0 aromatic heterocycles. The molecule has 0 bridgehead atoms. The van der Waals surface area contributed by atoms with E-state index in [0.29, 0.717) is 0 Å². The van der Waals surface area contributed by atoms with Gasteiger partial charge in [-0.3, -0.25) is 0 Å². The molecule has 0 spiro atoms. The van der Waals surface area contributed by atoms with E-state index in [4.69, 9.17) is 0 Å². The van der Waals surface area contributed by atoms with E-state index in [1.54, 1.807) is 0 Å². The summed E-state index contributed by atoms with van der Waals surface area (Å²) in [4.78, 5) is 0. The molecule has 26 heavy (non-hydrogen) atoms. The first-order valence-corrected chi connectivity index (χ1v) is 31.3. The van der Waals surface area contributed by atoms with E-state index in [2.05, 4.69) is 108 Å². The van der Waals surface area contributed by atoms with Crippen molar-refractivity contribution >= 4 is 44.2 Å². The van der Waals surface area contributed by atoms with E-state index < -0.39 is 30.4 Å². The van der Waals surface area contributed by atoms with Crippen molar-refractivity contribution in [3.63, 3.8) is 0 Å². The van der Waals surface area contributed by atoms with Gasteiger partial charge >= 0.3 is 0 Å². The molecule has 0 radical (unpaired) electrons. The largest absolute Gasteiger partial charge is 0.0692 e. The lowest BCUT2D eigenvalue weighted by Gasteiger charge is -2.51. The van der Waals surface area contributed by atoms with Crippen LogP contribution in [0.25, 0.3) is 0 Å². The number of hydrogen-bond donors (Lipinski definition) is 0. The second-order valence-corrected chi connectivity index (χ2v) is 65.6. The fraction of sp³-hybridized carbons (Fsp3) is 1.00. The zero-order valence-corrected chi connectivity index (χ0v) is 27.3. The van der Waals surface area contributed by atoms with Gasteiger partial charge in [-0.25, -0.2) is 0 Å². The van der Waals surface area contributed by atoms with E-state index in [-0.39, 0.29) is 13.9 Å². The van der Waals surface area contributed by atoms with Crippen molar-refractivity contribution in [1.82, 2.24) is 0 Å². The highest BCUT2D eigenvalue weighted by molar-refractivity contribution is 7.83. The molecule has 0 rings (SSSR count). The standard InChI is InChI=1S/C20H52Si6/c1-17(2)23(9,10)21(24(11,12)18(3)4)22(25(13,14)19(5)6)26(15,16)20(7)8/h17-20H,1-16H3. The normalized spacial score (nSPS) is 14.8. The van der Waals surface area contributed by atoms with E-state index in [9.17, 15) is 0 Å². The topological polar surface area (TPSA) is 0 Å². The van der Waals surface area contributed by atoms with Gasteiger partial charge in [0.2, 0.25) is 0 Å².